The molecule has 124 valence electrons. The van der Waals surface area contributed by atoms with Crippen LogP contribution in [0.3, 0.4) is 0 Å². The normalized spacial score (nSPS) is 19.7. The van der Waals surface area contributed by atoms with Crippen LogP contribution in [0.5, 0.6) is 0 Å². The Labute approximate surface area is 129 Å². The lowest BCUT2D eigenvalue weighted by molar-refractivity contribution is -0.151. The average molecular weight is 331 g/mol. The van der Waals surface area contributed by atoms with Crippen molar-refractivity contribution in [3.05, 3.63) is 11.7 Å². The van der Waals surface area contributed by atoms with E-state index in [1.54, 1.807) is 11.8 Å². The fourth-order valence-corrected chi connectivity index (χ4v) is 3.41. The Kier molecular flexibility index (Phi) is 5.52. The van der Waals surface area contributed by atoms with Gasteiger partial charge >= 0.3 is 5.97 Å². The summed E-state index contributed by atoms with van der Waals surface area (Å²) in [7, 11) is -2.95. The zero-order valence-corrected chi connectivity index (χ0v) is 13.6. The molecule has 22 heavy (non-hydrogen) atoms. The Bertz CT molecular complexity index is 599. The first-order chi connectivity index (χ1) is 10.4. The summed E-state index contributed by atoms with van der Waals surface area (Å²) in [5.74, 6) is 0.612. The molecule has 0 radical (unpaired) electrons. The average Bonchev–Trinajstić information content (AvgIpc) is 2.90. The van der Waals surface area contributed by atoms with Crippen molar-refractivity contribution in [2.45, 2.75) is 32.8 Å². The molecule has 0 N–H and O–H groups in total. The highest BCUT2D eigenvalue weighted by Gasteiger charge is 2.25. The van der Waals surface area contributed by atoms with Crippen LogP contribution in [0.25, 0.3) is 0 Å². The Hall–Kier alpha value is -1.48. The second-order valence-corrected chi connectivity index (χ2v) is 7.66. The van der Waals surface area contributed by atoms with Gasteiger partial charge in [0.15, 0.2) is 21.8 Å². The lowest BCUT2D eigenvalue weighted by Gasteiger charge is -2.25. The summed E-state index contributed by atoms with van der Waals surface area (Å²) >= 11 is 0. The number of ether oxygens (including phenoxy) is 1. The largest absolute Gasteiger partial charge is 0.452 e. The van der Waals surface area contributed by atoms with E-state index in [9.17, 15) is 13.2 Å². The SMILES string of the molecule is CCCc1noc(C(C)OC(=O)CN2CCS(=O)(=O)CC2)n1. The Morgan fingerprint density at radius 3 is 2.73 bits per heavy atom. The first kappa shape index (κ1) is 16.9. The molecular formula is C13H21N3O5S. The van der Waals surface area contributed by atoms with E-state index in [0.717, 1.165) is 6.42 Å². The topological polar surface area (TPSA) is 103 Å². The van der Waals surface area contributed by atoms with Crippen molar-refractivity contribution in [1.82, 2.24) is 15.0 Å². The van der Waals surface area contributed by atoms with Crippen molar-refractivity contribution in [1.29, 1.82) is 0 Å². The number of aryl methyl sites for hydroxylation is 1. The van der Waals surface area contributed by atoms with Crippen molar-refractivity contribution in [3.8, 4) is 0 Å². The van der Waals surface area contributed by atoms with Crippen molar-refractivity contribution >= 4 is 15.8 Å². The lowest BCUT2D eigenvalue weighted by atomic mass is 10.3. The van der Waals surface area contributed by atoms with E-state index < -0.39 is 21.9 Å². The van der Waals surface area contributed by atoms with Gasteiger partial charge in [-0.1, -0.05) is 12.1 Å². The minimum atomic E-state index is -2.95. The number of carbonyl (C=O) groups is 1. The van der Waals surface area contributed by atoms with Crippen LogP contribution < -0.4 is 0 Å². The van der Waals surface area contributed by atoms with Gasteiger partial charge in [-0.15, -0.1) is 0 Å². The summed E-state index contributed by atoms with van der Waals surface area (Å²) in [5.41, 5.74) is 0. The number of nitrogens with zero attached hydrogens (tertiary/aromatic N) is 3. The highest BCUT2D eigenvalue weighted by atomic mass is 32.2. The van der Waals surface area contributed by atoms with E-state index in [1.807, 2.05) is 6.92 Å². The first-order valence-electron chi connectivity index (χ1n) is 7.34. The Morgan fingerprint density at radius 1 is 1.41 bits per heavy atom. The molecular weight excluding hydrogens is 310 g/mol. The number of sulfone groups is 1. The molecule has 0 amide bonds. The van der Waals surface area contributed by atoms with Gasteiger partial charge in [-0.25, -0.2) is 8.42 Å². The maximum absolute atomic E-state index is 11.9. The predicted molar refractivity (Wildman–Crippen MR) is 77.9 cm³/mol. The van der Waals surface area contributed by atoms with E-state index in [1.165, 1.54) is 0 Å². The molecule has 0 aliphatic carbocycles. The predicted octanol–water partition coefficient (Wildman–Crippen LogP) is 0.357. The molecule has 2 heterocycles. The molecule has 0 saturated carbocycles. The highest BCUT2D eigenvalue weighted by molar-refractivity contribution is 7.91. The van der Waals surface area contributed by atoms with Crippen LogP contribution in [0, 0.1) is 0 Å². The third-order valence-electron chi connectivity index (χ3n) is 3.40. The number of hydrogen-bond donors (Lipinski definition) is 0. The van der Waals surface area contributed by atoms with Crippen LogP contribution in [0.2, 0.25) is 0 Å². The van der Waals surface area contributed by atoms with Gasteiger partial charge in [0.25, 0.3) is 5.89 Å². The molecule has 1 atom stereocenters. The highest BCUT2D eigenvalue weighted by Crippen LogP contribution is 2.15. The molecule has 0 aromatic carbocycles. The number of carbonyl (C=O) groups excluding carboxylic acids is 1. The molecule has 1 fully saturated rings. The van der Waals surface area contributed by atoms with Crippen LogP contribution in [0.1, 0.15) is 38.1 Å². The van der Waals surface area contributed by atoms with Gasteiger partial charge in [-0.05, 0) is 13.3 Å². The molecule has 0 spiro atoms. The number of rotatable bonds is 6. The van der Waals surface area contributed by atoms with Crippen molar-refractivity contribution in [2.24, 2.45) is 0 Å². The maximum atomic E-state index is 11.9. The summed E-state index contributed by atoms with van der Waals surface area (Å²) in [5, 5.41) is 3.81. The van der Waals surface area contributed by atoms with Crippen LogP contribution in [-0.2, 0) is 25.8 Å². The van der Waals surface area contributed by atoms with E-state index >= 15 is 0 Å². The summed E-state index contributed by atoms with van der Waals surface area (Å²) in [6.07, 6.45) is 1.01. The van der Waals surface area contributed by atoms with Gasteiger partial charge in [0.05, 0.1) is 18.1 Å². The minimum Gasteiger partial charge on any atom is -0.452 e. The summed E-state index contributed by atoms with van der Waals surface area (Å²) in [6.45, 7) is 4.45. The van der Waals surface area contributed by atoms with Gasteiger partial charge in [-0.3, -0.25) is 9.69 Å². The molecule has 1 unspecified atom stereocenters. The van der Waals surface area contributed by atoms with E-state index in [0.29, 0.717) is 25.3 Å². The van der Waals surface area contributed by atoms with Crippen LogP contribution in [0.15, 0.2) is 4.52 Å². The quantitative estimate of drug-likeness (QED) is 0.688. The van der Waals surface area contributed by atoms with Crippen LogP contribution >= 0.6 is 0 Å². The Morgan fingerprint density at radius 2 is 2.09 bits per heavy atom. The first-order valence-corrected chi connectivity index (χ1v) is 9.16. The number of hydrogen-bond acceptors (Lipinski definition) is 8. The van der Waals surface area contributed by atoms with Gasteiger partial charge in [0, 0.05) is 19.5 Å². The molecule has 1 aromatic heterocycles. The Balaban J connectivity index is 1.81. The molecule has 1 aliphatic rings. The zero-order valence-electron chi connectivity index (χ0n) is 12.8. The van der Waals surface area contributed by atoms with Crippen molar-refractivity contribution in [3.63, 3.8) is 0 Å². The minimum absolute atomic E-state index is 0.0653. The van der Waals surface area contributed by atoms with Gasteiger partial charge in [0.2, 0.25) is 0 Å². The van der Waals surface area contributed by atoms with E-state index in [-0.39, 0.29) is 23.9 Å². The van der Waals surface area contributed by atoms with Crippen molar-refractivity contribution < 1.29 is 22.5 Å². The summed E-state index contributed by atoms with van der Waals surface area (Å²) in [6, 6.07) is 0. The smallest absolute Gasteiger partial charge is 0.320 e. The second-order valence-electron chi connectivity index (χ2n) is 5.36. The third kappa shape index (κ3) is 4.77. The lowest BCUT2D eigenvalue weighted by Crippen LogP contribution is -2.43. The van der Waals surface area contributed by atoms with Gasteiger partial charge in [0.1, 0.15) is 0 Å². The second kappa shape index (κ2) is 7.19. The van der Waals surface area contributed by atoms with E-state index in [4.69, 9.17) is 9.26 Å². The standard InChI is InChI=1S/C13H21N3O5S/c1-3-4-11-14-13(21-15-11)10(2)20-12(17)9-16-5-7-22(18,19)8-6-16/h10H,3-9H2,1-2H3. The maximum Gasteiger partial charge on any atom is 0.320 e. The molecule has 0 bridgehead atoms. The molecule has 8 nitrogen and oxygen atoms in total. The zero-order chi connectivity index (χ0) is 16.2. The third-order valence-corrected chi connectivity index (χ3v) is 5.01. The van der Waals surface area contributed by atoms with E-state index in [2.05, 4.69) is 10.1 Å². The van der Waals surface area contributed by atoms with Crippen LogP contribution in [-0.4, -0.2) is 60.6 Å². The van der Waals surface area contributed by atoms with Crippen molar-refractivity contribution in [2.75, 3.05) is 31.1 Å². The van der Waals surface area contributed by atoms with Gasteiger partial charge in [-0.2, -0.15) is 4.98 Å². The fourth-order valence-electron chi connectivity index (χ4n) is 2.13. The molecule has 1 aliphatic heterocycles. The molecule has 9 heteroatoms. The van der Waals surface area contributed by atoms with Gasteiger partial charge < -0.3 is 9.26 Å². The number of aromatic nitrogens is 2. The fraction of sp³-hybridized carbons (Fsp3) is 0.769. The van der Waals surface area contributed by atoms with Crippen LogP contribution in [0.4, 0.5) is 0 Å². The summed E-state index contributed by atoms with van der Waals surface area (Å²) in [4.78, 5) is 17.8. The molecule has 1 saturated heterocycles. The molecule has 2 rings (SSSR count). The summed E-state index contributed by atoms with van der Waals surface area (Å²) < 4.78 is 33.0. The number of esters is 1. The monoisotopic (exact) mass is 331 g/mol. The molecule has 1 aromatic rings.